The predicted octanol–water partition coefficient (Wildman–Crippen LogP) is 15.2. The van der Waals surface area contributed by atoms with Crippen LogP contribution < -0.4 is 4.90 Å². The average molecular weight is 730 g/mol. The molecule has 1 heteroatoms. The van der Waals surface area contributed by atoms with Crippen LogP contribution in [0.3, 0.4) is 0 Å². The maximum Gasteiger partial charge on any atom is 0.0710 e. The molecule has 0 radical (unpaired) electrons. The van der Waals surface area contributed by atoms with Gasteiger partial charge >= 0.3 is 0 Å². The average Bonchev–Trinajstić information content (AvgIpc) is 3.58. The van der Waals surface area contributed by atoms with E-state index in [4.69, 9.17) is 0 Å². The van der Waals surface area contributed by atoms with Gasteiger partial charge in [0, 0.05) is 17.1 Å². The number of hydrogen-bond donors (Lipinski definition) is 0. The van der Waals surface area contributed by atoms with Crippen molar-refractivity contribution >= 4 is 17.1 Å². The van der Waals surface area contributed by atoms with E-state index in [1.807, 2.05) is 6.08 Å². The molecule has 0 aliphatic heterocycles. The molecule has 8 aromatic carbocycles. The molecule has 1 nitrogen and oxygen atoms in total. The summed E-state index contributed by atoms with van der Waals surface area (Å²) in [6.07, 6.45) is 8.38. The first-order chi connectivity index (χ1) is 28.2. The highest BCUT2D eigenvalue weighted by molar-refractivity contribution is 5.90. The molecule has 0 N–H and O–H groups in total. The van der Waals surface area contributed by atoms with Crippen molar-refractivity contribution in [2.75, 3.05) is 4.90 Å². The predicted molar refractivity (Wildman–Crippen MR) is 242 cm³/mol. The number of nitrogens with zero attached hydrogens (tertiary/aromatic N) is 1. The van der Waals surface area contributed by atoms with Gasteiger partial charge in [-0.15, -0.1) is 0 Å². The second-order valence-corrected chi connectivity index (χ2v) is 14.5. The molecule has 9 rings (SSSR count). The Labute approximate surface area is 336 Å². The van der Waals surface area contributed by atoms with Crippen LogP contribution in [0, 0.1) is 0 Å². The summed E-state index contributed by atoms with van der Waals surface area (Å²) in [5.74, 6) is 0. The van der Waals surface area contributed by atoms with Gasteiger partial charge in [0.2, 0.25) is 0 Å². The lowest BCUT2D eigenvalue weighted by Gasteiger charge is -2.34. The van der Waals surface area contributed by atoms with Gasteiger partial charge in [-0.2, -0.15) is 0 Å². The quantitative estimate of drug-likeness (QED) is 0.127. The summed E-state index contributed by atoms with van der Waals surface area (Å²) in [6, 6.07) is 74.8. The first-order valence-electron chi connectivity index (χ1n) is 19.7. The minimum atomic E-state index is -0.450. The van der Waals surface area contributed by atoms with E-state index < -0.39 is 5.41 Å². The number of rotatable bonds is 10. The summed E-state index contributed by atoms with van der Waals surface area (Å²) in [4.78, 5) is 2.35. The molecule has 1 aliphatic carbocycles. The highest BCUT2D eigenvalue weighted by Gasteiger charge is 2.46. The largest absolute Gasteiger partial charge is 0.310 e. The van der Waals surface area contributed by atoms with Crippen LogP contribution in [0.4, 0.5) is 17.1 Å². The van der Waals surface area contributed by atoms with Crippen LogP contribution in [0.2, 0.25) is 0 Å². The van der Waals surface area contributed by atoms with Gasteiger partial charge in [-0.05, 0) is 116 Å². The molecule has 0 saturated heterocycles. The standard InChI is InChI=1S/C56H43N/c1-3-5-23-47(4-2)56(48-24-13-8-14-25-48)54-28-16-15-27-52(54)53-40-46(33-38-55(53)56)44-31-36-50(37-32-44)57(49-34-29-43(30-35-49)41-18-9-6-10-19-41)51-26-17-22-45(39-51)42-20-11-7-12-21-42/h3-40H,1H2,2H3/b23-5-,47-4+. The monoisotopic (exact) mass is 729 g/mol. The van der Waals surface area contributed by atoms with Crippen molar-refractivity contribution in [1.82, 2.24) is 0 Å². The van der Waals surface area contributed by atoms with Crippen molar-refractivity contribution in [1.29, 1.82) is 0 Å². The Bertz CT molecular complexity index is 2720. The van der Waals surface area contributed by atoms with E-state index in [1.54, 1.807) is 0 Å². The van der Waals surface area contributed by atoms with Crippen LogP contribution in [0.1, 0.15) is 23.6 Å². The van der Waals surface area contributed by atoms with Crippen LogP contribution in [-0.4, -0.2) is 0 Å². The maximum absolute atomic E-state index is 3.99. The summed E-state index contributed by atoms with van der Waals surface area (Å²) < 4.78 is 0. The fraction of sp³-hybridized carbons (Fsp3) is 0.0357. The van der Waals surface area contributed by atoms with E-state index in [0.717, 1.165) is 17.1 Å². The molecule has 0 bridgehead atoms. The number of fused-ring (bicyclic) bond motifs is 3. The van der Waals surface area contributed by atoms with Crippen LogP contribution in [0.25, 0.3) is 44.5 Å². The first-order valence-corrected chi connectivity index (χ1v) is 19.7. The third-order valence-corrected chi connectivity index (χ3v) is 11.3. The summed E-state index contributed by atoms with van der Waals surface area (Å²) >= 11 is 0. The molecular formula is C56H43N. The summed E-state index contributed by atoms with van der Waals surface area (Å²) in [6.45, 7) is 6.13. The summed E-state index contributed by atoms with van der Waals surface area (Å²) in [5, 5.41) is 0. The number of anilines is 3. The first kappa shape index (κ1) is 35.5. The van der Waals surface area contributed by atoms with Crippen LogP contribution >= 0.6 is 0 Å². The van der Waals surface area contributed by atoms with Crippen LogP contribution in [0.15, 0.2) is 243 Å². The van der Waals surface area contributed by atoms with E-state index in [0.29, 0.717) is 0 Å². The smallest absolute Gasteiger partial charge is 0.0710 e. The Hall–Kier alpha value is -7.22. The van der Waals surface area contributed by atoms with E-state index in [2.05, 4.69) is 243 Å². The molecule has 0 fully saturated rings. The second kappa shape index (κ2) is 15.5. The van der Waals surface area contributed by atoms with Gasteiger partial charge < -0.3 is 4.90 Å². The molecule has 1 atom stereocenters. The Morgan fingerprint density at radius 1 is 0.439 bits per heavy atom. The van der Waals surface area contributed by atoms with Crippen LogP contribution in [0.5, 0.6) is 0 Å². The van der Waals surface area contributed by atoms with Crippen molar-refractivity contribution in [3.05, 3.63) is 259 Å². The Balaban J connectivity index is 1.14. The van der Waals surface area contributed by atoms with E-state index in [1.165, 1.54) is 66.8 Å². The van der Waals surface area contributed by atoms with Crippen molar-refractivity contribution in [3.63, 3.8) is 0 Å². The lowest BCUT2D eigenvalue weighted by molar-refractivity contribution is 0.765. The molecule has 1 unspecified atom stereocenters. The molecule has 0 amide bonds. The number of hydrogen-bond acceptors (Lipinski definition) is 1. The molecule has 0 spiro atoms. The minimum absolute atomic E-state index is 0.450. The lowest BCUT2D eigenvalue weighted by atomic mass is 9.67. The third-order valence-electron chi connectivity index (χ3n) is 11.3. The molecule has 272 valence electrons. The topological polar surface area (TPSA) is 3.24 Å². The normalized spacial score (nSPS) is 14.6. The Morgan fingerprint density at radius 2 is 0.930 bits per heavy atom. The highest BCUT2D eigenvalue weighted by atomic mass is 15.1. The zero-order chi connectivity index (χ0) is 38.6. The third kappa shape index (κ3) is 6.44. The minimum Gasteiger partial charge on any atom is -0.310 e. The fourth-order valence-corrected chi connectivity index (χ4v) is 8.69. The molecule has 8 aromatic rings. The van der Waals surface area contributed by atoms with E-state index in [-0.39, 0.29) is 0 Å². The van der Waals surface area contributed by atoms with Gasteiger partial charge in [0.25, 0.3) is 0 Å². The van der Waals surface area contributed by atoms with Crippen molar-refractivity contribution in [2.24, 2.45) is 0 Å². The molecular weight excluding hydrogens is 687 g/mol. The van der Waals surface area contributed by atoms with Crippen molar-refractivity contribution in [3.8, 4) is 44.5 Å². The van der Waals surface area contributed by atoms with Gasteiger partial charge in [-0.1, -0.05) is 195 Å². The Kier molecular flexibility index (Phi) is 9.64. The molecule has 57 heavy (non-hydrogen) atoms. The van der Waals surface area contributed by atoms with Crippen molar-refractivity contribution < 1.29 is 0 Å². The number of benzene rings is 8. The maximum atomic E-state index is 3.99. The highest BCUT2D eigenvalue weighted by Crippen LogP contribution is 2.57. The molecule has 0 saturated carbocycles. The number of allylic oxidation sites excluding steroid dienone is 5. The zero-order valence-electron chi connectivity index (χ0n) is 32.1. The van der Waals surface area contributed by atoms with Gasteiger partial charge in [0.05, 0.1) is 5.41 Å². The van der Waals surface area contributed by atoms with Crippen molar-refractivity contribution in [2.45, 2.75) is 12.3 Å². The molecule has 1 aliphatic rings. The summed E-state index contributed by atoms with van der Waals surface area (Å²) in [5.41, 5.74) is 17.6. The second-order valence-electron chi connectivity index (χ2n) is 14.5. The van der Waals surface area contributed by atoms with Crippen LogP contribution in [-0.2, 0) is 5.41 Å². The zero-order valence-corrected chi connectivity index (χ0v) is 32.1. The van der Waals surface area contributed by atoms with E-state index in [9.17, 15) is 0 Å². The molecule has 0 heterocycles. The van der Waals surface area contributed by atoms with Gasteiger partial charge in [-0.3, -0.25) is 0 Å². The summed E-state index contributed by atoms with van der Waals surface area (Å²) in [7, 11) is 0. The van der Waals surface area contributed by atoms with E-state index >= 15 is 0 Å². The van der Waals surface area contributed by atoms with Gasteiger partial charge in [0.1, 0.15) is 0 Å². The lowest BCUT2D eigenvalue weighted by Crippen LogP contribution is -2.29. The van der Waals surface area contributed by atoms with Gasteiger partial charge in [0.15, 0.2) is 0 Å². The van der Waals surface area contributed by atoms with Gasteiger partial charge in [-0.25, -0.2) is 0 Å². The fourth-order valence-electron chi connectivity index (χ4n) is 8.69. The molecule has 0 aromatic heterocycles. The Morgan fingerprint density at radius 3 is 1.56 bits per heavy atom. The SMILES string of the molecule is C=C/C=C\C(=C/C)C1(c2ccccc2)c2ccccc2-c2cc(-c3ccc(N(c4ccc(-c5ccccc5)cc4)c4cccc(-c5ccccc5)c4)cc3)ccc21.